The average molecular weight is 451 g/mol. The fraction of sp³-hybridized carbons (Fsp3) is 0.536. The molecule has 180 valence electrons. The molecule has 3 rings (SSSR count). The summed E-state index contributed by atoms with van der Waals surface area (Å²) in [6.07, 6.45) is 5.80. The van der Waals surface area contributed by atoms with Crippen LogP contribution in [0.2, 0.25) is 0 Å². The average Bonchev–Trinajstić information content (AvgIpc) is 2.83. The maximum Gasteiger partial charge on any atom is 0.198 e. The zero-order chi connectivity index (χ0) is 23.7. The Morgan fingerprint density at radius 2 is 1.82 bits per heavy atom. The van der Waals surface area contributed by atoms with Gasteiger partial charge in [0.2, 0.25) is 0 Å². The van der Waals surface area contributed by atoms with Crippen molar-refractivity contribution in [2.45, 2.75) is 77.9 Å². The van der Waals surface area contributed by atoms with E-state index in [0.29, 0.717) is 19.2 Å². The van der Waals surface area contributed by atoms with Gasteiger partial charge in [0.05, 0.1) is 0 Å². The third kappa shape index (κ3) is 7.50. The zero-order valence-corrected chi connectivity index (χ0v) is 20.9. The van der Waals surface area contributed by atoms with Crippen LogP contribution in [0.3, 0.4) is 0 Å². The first kappa shape index (κ1) is 25.1. The zero-order valence-electron chi connectivity index (χ0n) is 20.9. The van der Waals surface area contributed by atoms with Gasteiger partial charge < -0.3 is 20.7 Å². The second kappa shape index (κ2) is 12.1. The van der Waals surface area contributed by atoms with Gasteiger partial charge in [0, 0.05) is 24.8 Å². The Balaban J connectivity index is 1.61. The van der Waals surface area contributed by atoms with Crippen molar-refractivity contribution in [1.29, 1.82) is 0 Å². The number of guanidine groups is 1. The molecule has 1 aliphatic heterocycles. The van der Waals surface area contributed by atoms with Crippen molar-refractivity contribution < 1.29 is 4.74 Å². The number of ether oxygens (including phenoxy) is 1. The highest BCUT2D eigenvalue weighted by Gasteiger charge is 2.24. The van der Waals surface area contributed by atoms with Gasteiger partial charge in [-0.1, -0.05) is 52.0 Å². The normalized spacial score (nSPS) is 17.2. The first-order valence-corrected chi connectivity index (χ1v) is 12.5. The van der Waals surface area contributed by atoms with E-state index in [1.54, 1.807) is 0 Å². The lowest BCUT2D eigenvalue weighted by molar-refractivity contribution is 0.234. The second-order valence-electron chi connectivity index (χ2n) is 9.98. The van der Waals surface area contributed by atoms with E-state index in [1.807, 2.05) is 12.1 Å². The Kier molecular flexibility index (Phi) is 9.19. The largest absolute Gasteiger partial charge is 0.489 e. The Hall–Kier alpha value is -2.53. The molecule has 0 bridgehead atoms. The van der Waals surface area contributed by atoms with Crippen LogP contribution in [0.15, 0.2) is 53.5 Å². The fourth-order valence-electron chi connectivity index (χ4n) is 4.21. The minimum Gasteiger partial charge on any atom is -0.489 e. The summed E-state index contributed by atoms with van der Waals surface area (Å²) in [6.45, 7) is 12.0. The van der Waals surface area contributed by atoms with E-state index in [4.69, 9.17) is 15.5 Å². The Morgan fingerprint density at radius 3 is 2.45 bits per heavy atom. The summed E-state index contributed by atoms with van der Waals surface area (Å²) in [5, 5.41) is 3.57. The highest BCUT2D eigenvalue weighted by atomic mass is 16.5. The third-order valence-electron chi connectivity index (χ3n) is 6.33. The van der Waals surface area contributed by atoms with Crippen LogP contribution in [0.5, 0.6) is 5.75 Å². The van der Waals surface area contributed by atoms with Gasteiger partial charge >= 0.3 is 0 Å². The van der Waals surface area contributed by atoms with Crippen molar-refractivity contribution >= 4 is 11.6 Å². The standard InChI is InChI=1S/C28H42N4O/c1-5-25-9-6-7-20-32(25)27(30-19-8-18-29)31-24-14-16-26(17-15-24)33-21-22-10-12-23(13-11-22)28(2,3)4/h10-17,25H,5-9,18-21,29H2,1-4H3,(H,30,31). The van der Waals surface area contributed by atoms with Crippen molar-refractivity contribution in [2.24, 2.45) is 10.7 Å². The number of nitrogens with two attached hydrogens (primary N) is 1. The number of nitrogens with one attached hydrogen (secondary N) is 1. The number of likely N-dealkylation sites (tertiary alicyclic amines) is 1. The predicted octanol–water partition coefficient (Wildman–Crippen LogP) is 5.94. The molecule has 1 fully saturated rings. The summed E-state index contributed by atoms with van der Waals surface area (Å²) >= 11 is 0. The highest BCUT2D eigenvalue weighted by molar-refractivity contribution is 5.94. The van der Waals surface area contributed by atoms with Gasteiger partial charge in [-0.05, 0) is 79.5 Å². The van der Waals surface area contributed by atoms with Crippen LogP contribution in [-0.4, -0.2) is 36.5 Å². The van der Waals surface area contributed by atoms with Gasteiger partial charge in [-0.25, -0.2) is 0 Å². The van der Waals surface area contributed by atoms with Crippen LogP contribution >= 0.6 is 0 Å². The summed E-state index contributed by atoms with van der Waals surface area (Å²) in [6, 6.07) is 17.4. The van der Waals surface area contributed by atoms with Crippen LogP contribution in [0.1, 0.15) is 70.9 Å². The number of aliphatic imine (C=N–C) groups is 1. The number of anilines is 1. The van der Waals surface area contributed by atoms with E-state index in [2.05, 4.69) is 74.3 Å². The van der Waals surface area contributed by atoms with Gasteiger partial charge in [0.1, 0.15) is 12.4 Å². The van der Waals surface area contributed by atoms with E-state index in [1.165, 1.54) is 30.4 Å². The smallest absolute Gasteiger partial charge is 0.198 e. The molecule has 0 aliphatic carbocycles. The molecule has 5 nitrogen and oxygen atoms in total. The number of piperidine rings is 1. The van der Waals surface area contributed by atoms with E-state index in [9.17, 15) is 0 Å². The molecule has 33 heavy (non-hydrogen) atoms. The fourth-order valence-corrected chi connectivity index (χ4v) is 4.21. The number of hydrogen-bond acceptors (Lipinski definition) is 3. The first-order valence-electron chi connectivity index (χ1n) is 12.5. The van der Waals surface area contributed by atoms with Crippen LogP contribution in [0, 0.1) is 0 Å². The van der Waals surface area contributed by atoms with Crippen LogP contribution < -0.4 is 15.8 Å². The third-order valence-corrected chi connectivity index (χ3v) is 6.33. The van der Waals surface area contributed by atoms with E-state index < -0.39 is 0 Å². The molecule has 0 amide bonds. The maximum absolute atomic E-state index is 6.03. The monoisotopic (exact) mass is 450 g/mol. The topological polar surface area (TPSA) is 62.9 Å². The molecule has 2 aromatic carbocycles. The molecule has 1 heterocycles. The molecule has 5 heteroatoms. The van der Waals surface area contributed by atoms with Crippen LogP contribution in [-0.2, 0) is 12.0 Å². The number of nitrogens with zero attached hydrogens (tertiary/aromatic N) is 2. The van der Waals surface area contributed by atoms with Gasteiger partial charge in [-0.15, -0.1) is 0 Å². The summed E-state index contributed by atoms with van der Waals surface area (Å²) in [5.74, 6) is 1.84. The second-order valence-corrected chi connectivity index (χ2v) is 9.98. The molecule has 0 spiro atoms. The summed E-state index contributed by atoms with van der Waals surface area (Å²) < 4.78 is 6.03. The van der Waals surface area contributed by atoms with Crippen molar-refractivity contribution in [2.75, 3.05) is 25.0 Å². The van der Waals surface area contributed by atoms with E-state index >= 15 is 0 Å². The molecule has 1 aliphatic rings. The molecule has 2 aromatic rings. The van der Waals surface area contributed by atoms with Gasteiger partial charge in [0.15, 0.2) is 5.96 Å². The van der Waals surface area contributed by atoms with Crippen molar-refractivity contribution in [3.05, 3.63) is 59.7 Å². The molecule has 0 saturated carbocycles. The summed E-state index contributed by atoms with van der Waals surface area (Å²) in [5.41, 5.74) is 9.41. The Bertz CT molecular complexity index is 868. The lowest BCUT2D eigenvalue weighted by atomic mass is 9.87. The van der Waals surface area contributed by atoms with Crippen LogP contribution in [0.4, 0.5) is 5.69 Å². The van der Waals surface area contributed by atoms with Crippen molar-refractivity contribution in [3.63, 3.8) is 0 Å². The maximum atomic E-state index is 6.03. The molecule has 1 atom stereocenters. The molecule has 0 radical (unpaired) electrons. The van der Waals surface area contributed by atoms with Gasteiger partial charge in [0.25, 0.3) is 0 Å². The lowest BCUT2D eigenvalue weighted by Gasteiger charge is -2.37. The number of hydrogen-bond donors (Lipinski definition) is 2. The molecular formula is C28H42N4O. The molecule has 3 N–H and O–H groups in total. The molecular weight excluding hydrogens is 408 g/mol. The predicted molar refractivity (Wildman–Crippen MR) is 140 cm³/mol. The van der Waals surface area contributed by atoms with E-state index in [0.717, 1.165) is 43.3 Å². The highest BCUT2D eigenvalue weighted by Crippen LogP contribution is 2.24. The number of rotatable bonds is 8. The molecule has 0 aromatic heterocycles. The Labute approximate surface area is 200 Å². The van der Waals surface area contributed by atoms with Crippen molar-refractivity contribution in [3.8, 4) is 5.75 Å². The molecule has 1 unspecified atom stereocenters. The minimum absolute atomic E-state index is 0.167. The Morgan fingerprint density at radius 1 is 1.09 bits per heavy atom. The first-order chi connectivity index (χ1) is 15.9. The summed E-state index contributed by atoms with van der Waals surface area (Å²) in [7, 11) is 0. The summed E-state index contributed by atoms with van der Waals surface area (Å²) in [4.78, 5) is 7.32. The quantitative estimate of drug-likeness (QED) is 0.297. The van der Waals surface area contributed by atoms with Gasteiger partial charge in [-0.2, -0.15) is 0 Å². The lowest BCUT2D eigenvalue weighted by Crippen LogP contribution is -2.46. The van der Waals surface area contributed by atoms with E-state index in [-0.39, 0.29) is 5.41 Å². The molecule has 1 saturated heterocycles. The van der Waals surface area contributed by atoms with Crippen molar-refractivity contribution in [1.82, 2.24) is 4.90 Å². The van der Waals surface area contributed by atoms with Crippen LogP contribution in [0.25, 0.3) is 0 Å². The minimum atomic E-state index is 0.167. The SMILES string of the molecule is CCC1CCCCN1C(=NCCCN)Nc1ccc(OCc2ccc(C(C)(C)C)cc2)cc1. The van der Waals surface area contributed by atoms with Gasteiger partial charge in [-0.3, -0.25) is 4.99 Å². The number of benzene rings is 2.